The molecular weight excluding hydrogens is 270 g/mol. The van der Waals surface area contributed by atoms with Crippen molar-refractivity contribution >= 4 is 24.0 Å². The van der Waals surface area contributed by atoms with Gasteiger partial charge in [-0.05, 0) is 35.0 Å². The molecular formula is C19H21NSi. The summed E-state index contributed by atoms with van der Waals surface area (Å²) in [4.78, 5) is 4.85. The quantitative estimate of drug-likeness (QED) is 0.621. The Labute approximate surface area is 127 Å². The number of fused-ring (bicyclic) bond motifs is 1. The molecule has 1 aromatic heterocycles. The van der Waals surface area contributed by atoms with Crippen LogP contribution in [-0.2, 0) is 0 Å². The highest BCUT2D eigenvalue weighted by molar-refractivity contribution is 6.89. The summed E-state index contributed by atoms with van der Waals surface area (Å²) in [5.41, 5.74) is 3.44. The predicted molar refractivity (Wildman–Crippen MR) is 94.9 cm³/mol. The van der Waals surface area contributed by atoms with Gasteiger partial charge in [-0.2, -0.15) is 0 Å². The lowest BCUT2D eigenvalue weighted by Gasteiger charge is -2.19. The normalized spacial score (nSPS) is 11.8. The van der Waals surface area contributed by atoms with Gasteiger partial charge < -0.3 is 0 Å². The van der Waals surface area contributed by atoms with Gasteiger partial charge in [-0.15, -0.1) is 0 Å². The van der Waals surface area contributed by atoms with E-state index >= 15 is 0 Å². The summed E-state index contributed by atoms with van der Waals surface area (Å²) >= 11 is 0. The molecule has 3 aromatic rings. The van der Waals surface area contributed by atoms with E-state index in [4.69, 9.17) is 4.98 Å². The Kier molecular flexibility index (Phi) is 3.42. The summed E-state index contributed by atoms with van der Waals surface area (Å²) in [6.07, 6.45) is 0. The molecule has 2 aromatic carbocycles. The van der Waals surface area contributed by atoms with Crippen molar-refractivity contribution in [2.75, 3.05) is 0 Å². The molecule has 0 aliphatic heterocycles. The molecule has 106 valence electrons. The molecule has 0 atom stereocenters. The zero-order chi connectivity index (χ0) is 15.0. The molecule has 0 aliphatic carbocycles. The first-order valence-electron chi connectivity index (χ1n) is 7.42. The van der Waals surface area contributed by atoms with Crippen LogP contribution in [0.1, 0.15) is 5.69 Å². The summed E-state index contributed by atoms with van der Waals surface area (Å²) in [5, 5.41) is 3.99. The molecule has 0 amide bonds. The van der Waals surface area contributed by atoms with Crippen LogP contribution in [0.3, 0.4) is 0 Å². The third-order valence-electron chi connectivity index (χ3n) is 3.94. The molecule has 0 N–H and O–H groups in total. The van der Waals surface area contributed by atoms with Crippen molar-refractivity contribution in [3.05, 3.63) is 60.3 Å². The van der Waals surface area contributed by atoms with Crippen LogP contribution < -0.4 is 5.19 Å². The highest BCUT2D eigenvalue weighted by Gasteiger charge is 2.19. The Morgan fingerprint density at radius 2 is 1.52 bits per heavy atom. The fraction of sp³-hybridized carbons (Fsp3) is 0.211. The van der Waals surface area contributed by atoms with Crippen LogP contribution in [0.4, 0.5) is 0 Å². The molecule has 2 heteroatoms. The molecule has 0 saturated carbocycles. The Hall–Kier alpha value is -1.93. The Balaban J connectivity index is 2.08. The van der Waals surface area contributed by atoms with Crippen LogP contribution >= 0.6 is 0 Å². The molecule has 21 heavy (non-hydrogen) atoms. The lowest BCUT2D eigenvalue weighted by atomic mass is 10.0. The van der Waals surface area contributed by atoms with Crippen LogP contribution in [0.2, 0.25) is 19.6 Å². The number of aromatic nitrogens is 1. The second-order valence-electron chi connectivity index (χ2n) is 6.64. The molecule has 0 unspecified atom stereocenters. The van der Waals surface area contributed by atoms with Gasteiger partial charge in [0.05, 0.1) is 13.8 Å². The number of pyridine rings is 1. The van der Waals surface area contributed by atoms with E-state index in [1.54, 1.807) is 0 Å². The molecule has 3 rings (SSSR count). The largest absolute Gasteiger partial charge is 0.253 e. The molecule has 0 aliphatic rings. The standard InChI is InChI=1S/C19H21NSi/c1-14-19(21(2,3)4)12-11-18(20-14)17-10-9-15-7-5-6-8-16(15)13-17/h5-13H,1-4H3. The minimum Gasteiger partial charge on any atom is -0.253 e. The van der Waals surface area contributed by atoms with Gasteiger partial charge >= 0.3 is 0 Å². The van der Waals surface area contributed by atoms with E-state index in [1.807, 2.05) is 0 Å². The van der Waals surface area contributed by atoms with Gasteiger partial charge in [0.2, 0.25) is 0 Å². The summed E-state index contributed by atoms with van der Waals surface area (Å²) < 4.78 is 0. The van der Waals surface area contributed by atoms with E-state index in [2.05, 4.69) is 81.2 Å². The highest BCUT2D eigenvalue weighted by Crippen LogP contribution is 2.23. The van der Waals surface area contributed by atoms with Crippen LogP contribution in [-0.4, -0.2) is 13.1 Å². The lowest BCUT2D eigenvalue weighted by molar-refractivity contribution is 1.22. The Morgan fingerprint density at radius 3 is 2.19 bits per heavy atom. The zero-order valence-corrected chi connectivity index (χ0v) is 14.1. The van der Waals surface area contributed by atoms with Crippen molar-refractivity contribution in [1.82, 2.24) is 4.98 Å². The Morgan fingerprint density at radius 1 is 0.810 bits per heavy atom. The minimum absolute atomic E-state index is 1.07. The van der Waals surface area contributed by atoms with E-state index in [9.17, 15) is 0 Å². The average Bonchev–Trinajstić information content (AvgIpc) is 2.45. The zero-order valence-electron chi connectivity index (χ0n) is 13.1. The smallest absolute Gasteiger partial charge is 0.0799 e. The SMILES string of the molecule is Cc1nc(-c2ccc3ccccc3c2)ccc1[Si](C)(C)C. The summed E-state index contributed by atoms with van der Waals surface area (Å²) in [6, 6.07) is 19.5. The van der Waals surface area contributed by atoms with Gasteiger partial charge in [0.15, 0.2) is 0 Å². The molecule has 0 fully saturated rings. The van der Waals surface area contributed by atoms with Crippen LogP contribution in [0.15, 0.2) is 54.6 Å². The van der Waals surface area contributed by atoms with Gasteiger partial charge in [-0.25, -0.2) is 0 Å². The van der Waals surface area contributed by atoms with Crippen molar-refractivity contribution in [2.24, 2.45) is 0 Å². The number of rotatable bonds is 2. The number of hydrogen-bond acceptors (Lipinski definition) is 1. The van der Waals surface area contributed by atoms with Crippen molar-refractivity contribution in [3.63, 3.8) is 0 Å². The van der Waals surface area contributed by atoms with Crippen LogP contribution in [0, 0.1) is 6.92 Å². The van der Waals surface area contributed by atoms with E-state index in [1.165, 1.54) is 27.2 Å². The third-order valence-corrected chi connectivity index (χ3v) is 6.08. The first-order valence-corrected chi connectivity index (χ1v) is 10.9. The van der Waals surface area contributed by atoms with E-state index in [0.717, 1.165) is 5.69 Å². The summed E-state index contributed by atoms with van der Waals surface area (Å²) in [5.74, 6) is 0. The van der Waals surface area contributed by atoms with Gasteiger partial charge in [0.1, 0.15) is 0 Å². The first kappa shape index (κ1) is 14.0. The molecule has 0 spiro atoms. The fourth-order valence-corrected chi connectivity index (χ4v) is 4.59. The number of benzene rings is 2. The molecule has 0 saturated heterocycles. The lowest BCUT2D eigenvalue weighted by Crippen LogP contribution is -2.39. The van der Waals surface area contributed by atoms with E-state index in [0.29, 0.717) is 0 Å². The second kappa shape index (κ2) is 5.12. The predicted octanol–water partition coefficient (Wildman–Crippen LogP) is 4.76. The number of aryl methyl sites for hydroxylation is 1. The van der Waals surface area contributed by atoms with Gasteiger partial charge in [-0.3, -0.25) is 4.98 Å². The third kappa shape index (κ3) is 2.77. The van der Waals surface area contributed by atoms with E-state index in [-0.39, 0.29) is 0 Å². The average molecular weight is 291 g/mol. The van der Waals surface area contributed by atoms with E-state index < -0.39 is 8.07 Å². The molecule has 0 radical (unpaired) electrons. The first-order chi connectivity index (χ1) is 9.95. The number of hydrogen-bond donors (Lipinski definition) is 0. The number of nitrogens with zero attached hydrogens (tertiary/aromatic N) is 1. The highest BCUT2D eigenvalue weighted by atomic mass is 28.3. The van der Waals surface area contributed by atoms with Crippen molar-refractivity contribution in [1.29, 1.82) is 0 Å². The molecule has 1 heterocycles. The Bertz CT molecular complexity index is 800. The van der Waals surface area contributed by atoms with Crippen LogP contribution in [0.5, 0.6) is 0 Å². The maximum absolute atomic E-state index is 4.85. The van der Waals surface area contributed by atoms with Gasteiger partial charge in [-0.1, -0.05) is 62.1 Å². The fourth-order valence-electron chi connectivity index (χ4n) is 2.86. The maximum Gasteiger partial charge on any atom is 0.0799 e. The summed E-state index contributed by atoms with van der Waals surface area (Å²) in [6.45, 7) is 9.24. The van der Waals surface area contributed by atoms with Gasteiger partial charge in [0.25, 0.3) is 0 Å². The maximum atomic E-state index is 4.85. The second-order valence-corrected chi connectivity index (χ2v) is 11.7. The molecule has 0 bridgehead atoms. The van der Waals surface area contributed by atoms with Crippen molar-refractivity contribution < 1.29 is 0 Å². The van der Waals surface area contributed by atoms with Crippen molar-refractivity contribution in [2.45, 2.75) is 26.6 Å². The van der Waals surface area contributed by atoms with Crippen LogP contribution in [0.25, 0.3) is 22.0 Å². The monoisotopic (exact) mass is 291 g/mol. The topological polar surface area (TPSA) is 12.9 Å². The minimum atomic E-state index is -1.31. The van der Waals surface area contributed by atoms with Crippen molar-refractivity contribution in [3.8, 4) is 11.3 Å². The van der Waals surface area contributed by atoms with Gasteiger partial charge in [0, 0.05) is 11.3 Å². The summed E-state index contributed by atoms with van der Waals surface area (Å²) in [7, 11) is -1.31. The molecule has 1 nitrogen and oxygen atoms in total.